The van der Waals surface area contributed by atoms with E-state index in [0.29, 0.717) is 23.9 Å². The van der Waals surface area contributed by atoms with Gasteiger partial charge >= 0.3 is 5.97 Å². The second-order valence-corrected chi connectivity index (χ2v) is 8.04. The van der Waals surface area contributed by atoms with E-state index >= 15 is 0 Å². The van der Waals surface area contributed by atoms with Crippen molar-refractivity contribution in [3.63, 3.8) is 0 Å². The summed E-state index contributed by atoms with van der Waals surface area (Å²) in [5, 5.41) is 9.29. The van der Waals surface area contributed by atoms with Gasteiger partial charge in [-0.05, 0) is 31.4 Å². The maximum atomic E-state index is 13.0. The fourth-order valence-electron chi connectivity index (χ4n) is 3.68. The summed E-state index contributed by atoms with van der Waals surface area (Å²) >= 11 is 0.971. The first-order chi connectivity index (χ1) is 10.5. The number of nitrogens with zero attached hydrogens (tertiary/aromatic N) is 3. The number of aromatic nitrogens is 2. The lowest BCUT2D eigenvalue weighted by Gasteiger charge is -2.22. The average Bonchev–Trinajstić information content (AvgIpc) is 3.19. The Morgan fingerprint density at radius 1 is 1.32 bits per heavy atom. The maximum Gasteiger partial charge on any atom is 0.308 e. The number of hydrogen-bond donors (Lipinski definition) is 1. The summed E-state index contributed by atoms with van der Waals surface area (Å²) in [6.45, 7) is 0. The molecular weight excluding hydrogens is 326 g/mol. The molecular formula is C13H13N3O4S2. The third-order valence-electron chi connectivity index (χ3n) is 4.59. The molecule has 3 unspecified atom stereocenters. The predicted octanol–water partition coefficient (Wildman–Crippen LogP) is 1.32. The molecule has 2 bridgehead atoms. The molecule has 1 N–H and O–H groups in total. The number of carboxylic acids is 1. The summed E-state index contributed by atoms with van der Waals surface area (Å²) in [7, 11) is -3.76. The van der Waals surface area contributed by atoms with Crippen LogP contribution in [-0.2, 0) is 14.8 Å². The SMILES string of the molecule is O=C(O)C1CC2CCC1N2S(=O)(=O)c1cccc2nsnc12. The zero-order chi connectivity index (χ0) is 15.5. The van der Waals surface area contributed by atoms with Crippen molar-refractivity contribution >= 4 is 38.8 Å². The van der Waals surface area contributed by atoms with Crippen molar-refractivity contribution in [2.75, 3.05) is 0 Å². The highest BCUT2D eigenvalue weighted by molar-refractivity contribution is 7.89. The summed E-state index contributed by atoms with van der Waals surface area (Å²) in [5.41, 5.74) is 0.915. The number of hydrogen-bond acceptors (Lipinski definition) is 6. The molecule has 1 aromatic heterocycles. The Hall–Kier alpha value is -1.58. The lowest BCUT2D eigenvalue weighted by molar-refractivity contribution is -0.142. The molecule has 0 radical (unpaired) electrons. The summed E-state index contributed by atoms with van der Waals surface area (Å²) in [4.78, 5) is 11.5. The Kier molecular flexibility index (Phi) is 3.00. The quantitative estimate of drug-likeness (QED) is 0.905. The van der Waals surface area contributed by atoms with Crippen LogP contribution in [0.3, 0.4) is 0 Å². The van der Waals surface area contributed by atoms with Gasteiger partial charge in [0.25, 0.3) is 0 Å². The van der Waals surface area contributed by atoms with Gasteiger partial charge in [-0.3, -0.25) is 4.79 Å². The largest absolute Gasteiger partial charge is 0.481 e. The summed E-state index contributed by atoms with van der Waals surface area (Å²) < 4.78 is 35.7. The van der Waals surface area contributed by atoms with Crippen LogP contribution in [0.4, 0.5) is 0 Å². The van der Waals surface area contributed by atoms with E-state index in [4.69, 9.17) is 0 Å². The number of fused-ring (bicyclic) bond motifs is 3. The van der Waals surface area contributed by atoms with Crippen molar-refractivity contribution in [1.82, 2.24) is 13.1 Å². The molecule has 2 aliphatic rings. The summed E-state index contributed by atoms with van der Waals surface area (Å²) in [5.74, 6) is -1.53. The van der Waals surface area contributed by atoms with Crippen molar-refractivity contribution in [2.45, 2.75) is 36.2 Å². The van der Waals surface area contributed by atoms with Crippen molar-refractivity contribution in [2.24, 2.45) is 5.92 Å². The molecule has 3 atom stereocenters. The van der Waals surface area contributed by atoms with Gasteiger partial charge in [-0.2, -0.15) is 13.1 Å². The van der Waals surface area contributed by atoms with Crippen LogP contribution in [0.1, 0.15) is 19.3 Å². The first-order valence-corrected chi connectivity index (χ1v) is 9.15. The Morgan fingerprint density at radius 3 is 2.86 bits per heavy atom. The van der Waals surface area contributed by atoms with Gasteiger partial charge in [-0.25, -0.2) is 8.42 Å². The van der Waals surface area contributed by atoms with Crippen LogP contribution in [-0.4, -0.2) is 44.6 Å². The molecule has 4 rings (SSSR count). The van der Waals surface area contributed by atoms with Crippen LogP contribution >= 0.6 is 11.7 Å². The molecule has 7 nitrogen and oxygen atoms in total. The van der Waals surface area contributed by atoms with Gasteiger partial charge in [0.15, 0.2) is 0 Å². The van der Waals surface area contributed by atoms with E-state index in [9.17, 15) is 18.3 Å². The zero-order valence-electron chi connectivity index (χ0n) is 11.4. The third-order valence-corrected chi connectivity index (χ3v) is 7.15. The number of rotatable bonds is 3. The highest BCUT2D eigenvalue weighted by atomic mass is 32.2. The van der Waals surface area contributed by atoms with Crippen LogP contribution in [0.2, 0.25) is 0 Å². The zero-order valence-corrected chi connectivity index (χ0v) is 13.0. The van der Waals surface area contributed by atoms with E-state index in [2.05, 4.69) is 8.75 Å². The van der Waals surface area contributed by atoms with Crippen molar-refractivity contribution < 1.29 is 18.3 Å². The topological polar surface area (TPSA) is 100 Å². The Labute approximate surface area is 130 Å². The minimum Gasteiger partial charge on any atom is -0.481 e. The van der Waals surface area contributed by atoms with Crippen molar-refractivity contribution in [3.8, 4) is 0 Å². The summed E-state index contributed by atoms with van der Waals surface area (Å²) in [6, 6.07) is 4.21. The van der Waals surface area contributed by atoms with Crippen molar-refractivity contribution in [1.29, 1.82) is 0 Å². The molecule has 0 aliphatic carbocycles. The molecule has 22 heavy (non-hydrogen) atoms. The van der Waals surface area contributed by atoms with E-state index in [-0.39, 0.29) is 10.9 Å². The van der Waals surface area contributed by atoms with Gasteiger partial charge < -0.3 is 5.11 Å². The van der Waals surface area contributed by atoms with Gasteiger partial charge in [0.05, 0.1) is 17.6 Å². The predicted molar refractivity (Wildman–Crippen MR) is 79.0 cm³/mol. The standard InChI is InChI=1S/C13H13N3O4S2/c17-13(18)8-6-7-4-5-10(8)16(7)22(19,20)11-3-1-2-9-12(11)15-21-14-9/h1-3,7-8,10H,4-6H2,(H,17,18). The van der Waals surface area contributed by atoms with E-state index < -0.39 is 28.0 Å². The number of aliphatic carboxylic acids is 1. The van der Waals surface area contributed by atoms with Crippen LogP contribution in [0.25, 0.3) is 11.0 Å². The van der Waals surface area contributed by atoms with E-state index in [1.165, 1.54) is 10.4 Å². The van der Waals surface area contributed by atoms with Gasteiger partial charge in [0, 0.05) is 12.1 Å². The Balaban J connectivity index is 1.82. The molecule has 9 heteroatoms. The van der Waals surface area contributed by atoms with Crippen LogP contribution < -0.4 is 0 Å². The fraction of sp³-hybridized carbons (Fsp3) is 0.462. The van der Waals surface area contributed by atoms with Crippen LogP contribution in [0.5, 0.6) is 0 Å². The third kappa shape index (κ3) is 1.82. The van der Waals surface area contributed by atoms with Gasteiger partial charge in [0.2, 0.25) is 10.0 Å². The van der Waals surface area contributed by atoms with E-state index in [0.717, 1.165) is 18.1 Å². The van der Waals surface area contributed by atoms with Gasteiger partial charge in [0.1, 0.15) is 15.9 Å². The van der Waals surface area contributed by atoms with E-state index in [1.54, 1.807) is 12.1 Å². The first kappa shape index (κ1) is 14.0. The molecule has 2 fully saturated rings. The van der Waals surface area contributed by atoms with Gasteiger partial charge in [-0.15, -0.1) is 0 Å². The maximum absolute atomic E-state index is 13.0. The first-order valence-electron chi connectivity index (χ1n) is 6.98. The minimum atomic E-state index is -3.76. The number of sulfonamides is 1. The highest BCUT2D eigenvalue weighted by Gasteiger charge is 2.54. The lowest BCUT2D eigenvalue weighted by atomic mass is 9.89. The normalized spacial score (nSPS) is 28.5. The summed E-state index contributed by atoms with van der Waals surface area (Å²) in [6.07, 6.45) is 1.72. The molecule has 0 saturated carbocycles. The fourth-order valence-corrected chi connectivity index (χ4v) is 6.35. The molecule has 2 saturated heterocycles. The second kappa shape index (κ2) is 4.71. The monoisotopic (exact) mass is 339 g/mol. The van der Waals surface area contributed by atoms with E-state index in [1.807, 2.05) is 0 Å². The Bertz CT molecular complexity index is 863. The number of carboxylic acid groups (broad SMARTS) is 1. The highest BCUT2D eigenvalue weighted by Crippen LogP contribution is 2.45. The average molecular weight is 339 g/mol. The van der Waals surface area contributed by atoms with Gasteiger partial charge in [-0.1, -0.05) is 6.07 Å². The minimum absolute atomic E-state index is 0.127. The molecule has 2 aromatic rings. The molecule has 2 aliphatic heterocycles. The molecule has 1 aromatic carbocycles. The van der Waals surface area contributed by atoms with Crippen molar-refractivity contribution in [3.05, 3.63) is 18.2 Å². The second-order valence-electron chi connectivity index (χ2n) is 5.70. The Morgan fingerprint density at radius 2 is 2.14 bits per heavy atom. The smallest absolute Gasteiger partial charge is 0.308 e. The van der Waals surface area contributed by atoms with Crippen LogP contribution in [0, 0.1) is 5.92 Å². The van der Waals surface area contributed by atoms with Crippen LogP contribution in [0.15, 0.2) is 23.1 Å². The number of carbonyl (C=O) groups is 1. The lowest BCUT2D eigenvalue weighted by Crippen LogP contribution is -2.37. The number of benzene rings is 1. The molecule has 0 amide bonds. The molecule has 3 heterocycles. The molecule has 0 spiro atoms. The molecule has 116 valence electrons.